The Balaban J connectivity index is 1.29. The van der Waals surface area contributed by atoms with E-state index in [0.717, 1.165) is 68.3 Å². The Labute approximate surface area is 251 Å². The van der Waals surface area contributed by atoms with Crippen LogP contribution in [0, 0.1) is 0 Å². The van der Waals surface area contributed by atoms with Crippen molar-refractivity contribution in [3.05, 3.63) is 70.2 Å². The molecular weight excluding hydrogens is 527 g/mol. The van der Waals surface area contributed by atoms with Crippen LogP contribution in [0.15, 0.2) is 63.3 Å². The monoisotopic (exact) mass is 576 g/mol. The van der Waals surface area contributed by atoms with Crippen molar-refractivity contribution in [2.45, 2.75) is 58.3 Å². The van der Waals surface area contributed by atoms with Crippen LogP contribution >= 0.6 is 0 Å². The van der Waals surface area contributed by atoms with E-state index in [4.69, 9.17) is 0 Å². The van der Waals surface area contributed by atoms with Crippen LogP contribution in [0.1, 0.15) is 68.8 Å². The van der Waals surface area contributed by atoms with E-state index in [-0.39, 0.29) is 12.4 Å². The fraction of sp³-hybridized carbons (Fsp3) is 0.545. The Morgan fingerprint density at radius 1 is 1.21 bits per heavy atom. The van der Waals surface area contributed by atoms with Gasteiger partial charge in [-0.05, 0) is 76.2 Å². The first-order valence-corrected chi connectivity index (χ1v) is 15.4. The van der Waals surface area contributed by atoms with Gasteiger partial charge in [-0.3, -0.25) is 19.9 Å². The standard InChI is InChI=1S/C33H49FN8/c1-6-30-28(33(39-38-30)27-12-8-9-13-27)16-15-25(3)32(35-4)29(34)23-40(5)24-37-31-14-10-11-26(21-36-31)22-42-19-17-41(7-2)18-20-42/h6,11,14-15,21,27,37H,1,4,7-10,12-13,16-20,22-24H2,2-3,5H3,(H,38,39)/b25-15+,32-29+. The quantitative estimate of drug-likeness (QED) is 0.175. The van der Waals surface area contributed by atoms with Gasteiger partial charge in [0.15, 0.2) is 0 Å². The van der Waals surface area contributed by atoms with Gasteiger partial charge in [0.05, 0.1) is 24.6 Å². The summed E-state index contributed by atoms with van der Waals surface area (Å²) in [6, 6.07) is 0. The maximum Gasteiger partial charge on any atom is 0.140 e. The van der Waals surface area contributed by atoms with Crippen LogP contribution in [0.2, 0.25) is 0 Å². The van der Waals surface area contributed by atoms with Crippen LogP contribution in [0.25, 0.3) is 6.08 Å². The maximum atomic E-state index is 15.4. The van der Waals surface area contributed by atoms with Gasteiger partial charge < -0.3 is 10.2 Å². The molecule has 0 atom stereocenters. The normalized spacial score (nSPS) is 19.9. The van der Waals surface area contributed by atoms with Crippen molar-refractivity contribution in [2.24, 2.45) is 9.98 Å². The molecule has 1 aromatic heterocycles. The molecule has 2 aliphatic heterocycles. The fourth-order valence-corrected chi connectivity index (χ4v) is 6.01. The number of hydrogen-bond donors (Lipinski definition) is 2. The van der Waals surface area contributed by atoms with Crippen LogP contribution in [0.3, 0.4) is 0 Å². The van der Waals surface area contributed by atoms with Crippen molar-refractivity contribution < 1.29 is 4.39 Å². The van der Waals surface area contributed by atoms with Crippen molar-refractivity contribution in [2.75, 3.05) is 59.5 Å². The van der Waals surface area contributed by atoms with Gasteiger partial charge in [-0.15, -0.1) is 0 Å². The van der Waals surface area contributed by atoms with E-state index in [1.165, 1.54) is 37.0 Å². The second kappa shape index (κ2) is 15.9. The number of hydrogen-bond acceptors (Lipinski definition) is 7. The van der Waals surface area contributed by atoms with Crippen molar-refractivity contribution >= 4 is 19.0 Å². The highest BCUT2D eigenvalue weighted by Crippen LogP contribution is 2.36. The highest BCUT2D eigenvalue weighted by Gasteiger charge is 2.23. The molecule has 2 fully saturated rings. The largest absolute Gasteiger partial charge is 0.358 e. The summed E-state index contributed by atoms with van der Waals surface area (Å²) in [5.74, 6) is 1.01. The zero-order valence-electron chi connectivity index (χ0n) is 25.8. The summed E-state index contributed by atoms with van der Waals surface area (Å²) in [4.78, 5) is 15.6. The van der Waals surface area contributed by atoms with E-state index < -0.39 is 0 Å². The number of piperazine rings is 1. The molecule has 0 spiro atoms. The van der Waals surface area contributed by atoms with Crippen molar-refractivity contribution in [1.82, 2.24) is 30.2 Å². The summed E-state index contributed by atoms with van der Waals surface area (Å²) in [6.07, 6.45) is 16.4. The Morgan fingerprint density at radius 3 is 2.64 bits per heavy atom. The SMILES string of the molecule is C=Cc1n[nH]c(C2CCCC2)c1C/C=C(C)/C(N=C)=C(\F)CN(C)CNC1=CCC=C(CN2CCN(CC)CC2)C=N1. The Morgan fingerprint density at radius 2 is 1.95 bits per heavy atom. The Kier molecular flexibility index (Phi) is 12.0. The predicted molar refractivity (Wildman–Crippen MR) is 173 cm³/mol. The lowest BCUT2D eigenvalue weighted by Gasteiger charge is -2.34. The minimum Gasteiger partial charge on any atom is -0.358 e. The molecule has 9 heteroatoms. The maximum absolute atomic E-state index is 15.4. The van der Waals surface area contributed by atoms with Crippen LogP contribution in [-0.4, -0.2) is 97.4 Å². The minimum atomic E-state index is -0.305. The van der Waals surface area contributed by atoms with E-state index in [0.29, 0.717) is 24.7 Å². The lowest BCUT2D eigenvalue weighted by molar-refractivity contribution is 0.147. The van der Waals surface area contributed by atoms with Crippen molar-refractivity contribution in [3.8, 4) is 0 Å². The molecule has 3 aliphatic rings. The second-order valence-corrected chi connectivity index (χ2v) is 11.6. The molecule has 42 heavy (non-hydrogen) atoms. The van der Waals surface area contributed by atoms with E-state index in [9.17, 15) is 0 Å². The van der Waals surface area contributed by atoms with Gasteiger partial charge in [0, 0.05) is 56.1 Å². The smallest absolute Gasteiger partial charge is 0.140 e. The molecule has 1 saturated carbocycles. The number of rotatable bonds is 14. The summed E-state index contributed by atoms with van der Waals surface area (Å²) in [6.45, 7) is 18.8. The zero-order chi connectivity index (χ0) is 29.9. The van der Waals surface area contributed by atoms with E-state index in [1.54, 1.807) is 6.08 Å². The number of aromatic nitrogens is 2. The number of halogens is 1. The summed E-state index contributed by atoms with van der Waals surface area (Å²) >= 11 is 0. The molecule has 4 rings (SSSR count). The molecule has 0 amide bonds. The van der Waals surface area contributed by atoms with Gasteiger partial charge in [-0.1, -0.05) is 38.5 Å². The van der Waals surface area contributed by atoms with E-state index >= 15 is 4.39 Å². The molecule has 0 aromatic carbocycles. The highest BCUT2D eigenvalue weighted by molar-refractivity contribution is 5.80. The molecule has 1 aromatic rings. The summed E-state index contributed by atoms with van der Waals surface area (Å²) in [5.41, 5.74) is 5.52. The first-order chi connectivity index (χ1) is 20.4. The van der Waals surface area contributed by atoms with Crippen LogP contribution < -0.4 is 5.32 Å². The number of nitrogens with zero attached hydrogens (tertiary/aromatic N) is 6. The minimum absolute atomic E-state index is 0.119. The zero-order valence-corrected chi connectivity index (χ0v) is 25.8. The molecule has 2 N–H and O–H groups in total. The summed E-state index contributed by atoms with van der Waals surface area (Å²) in [5, 5.41) is 11.1. The Hall–Kier alpha value is -3.14. The molecule has 1 saturated heterocycles. The van der Waals surface area contributed by atoms with Crippen molar-refractivity contribution in [1.29, 1.82) is 0 Å². The summed E-state index contributed by atoms with van der Waals surface area (Å²) in [7, 11) is 1.88. The second-order valence-electron chi connectivity index (χ2n) is 11.6. The average Bonchev–Trinajstić information content (AvgIpc) is 3.62. The Bertz CT molecular complexity index is 1220. The number of allylic oxidation sites excluding steroid dienone is 4. The first-order valence-electron chi connectivity index (χ1n) is 15.4. The molecular formula is C33H49FN8. The number of likely N-dealkylation sites (N-methyl/N-ethyl adjacent to an activating group) is 2. The summed E-state index contributed by atoms with van der Waals surface area (Å²) < 4.78 is 15.4. The predicted octanol–water partition coefficient (Wildman–Crippen LogP) is 5.44. The third-order valence-electron chi connectivity index (χ3n) is 8.61. The van der Waals surface area contributed by atoms with Gasteiger partial charge >= 0.3 is 0 Å². The van der Waals surface area contributed by atoms with E-state index in [2.05, 4.69) is 67.7 Å². The molecule has 8 nitrogen and oxygen atoms in total. The first kappa shape index (κ1) is 31.8. The van der Waals surface area contributed by atoms with Gasteiger partial charge in [-0.25, -0.2) is 9.38 Å². The average molecular weight is 577 g/mol. The highest BCUT2D eigenvalue weighted by atomic mass is 19.1. The van der Waals surface area contributed by atoms with Gasteiger partial charge in [0.1, 0.15) is 11.6 Å². The van der Waals surface area contributed by atoms with Crippen LogP contribution in [-0.2, 0) is 6.42 Å². The molecule has 3 heterocycles. The lowest BCUT2D eigenvalue weighted by Crippen LogP contribution is -2.46. The topological polar surface area (TPSA) is 75.2 Å². The van der Waals surface area contributed by atoms with Gasteiger partial charge in [-0.2, -0.15) is 5.10 Å². The molecule has 228 valence electrons. The number of nitrogens with one attached hydrogen (secondary N) is 2. The van der Waals surface area contributed by atoms with Crippen LogP contribution in [0.5, 0.6) is 0 Å². The third-order valence-corrected chi connectivity index (χ3v) is 8.61. The number of aromatic amines is 1. The van der Waals surface area contributed by atoms with Gasteiger partial charge in [0.25, 0.3) is 0 Å². The molecule has 0 radical (unpaired) electrons. The fourth-order valence-electron chi connectivity index (χ4n) is 6.01. The van der Waals surface area contributed by atoms with Gasteiger partial charge in [0.2, 0.25) is 0 Å². The molecule has 0 unspecified atom stereocenters. The van der Waals surface area contributed by atoms with Crippen molar-refractivity contribution in [3.63, 3.8) is 0 Å². The number of aliphatic imine (C=N–C) groups is 2. The molecule has 0 bridgehead atoms. The number of H-pyrrole nitrogens is 1. The molecule has 1 aliphatic carbocycles. The lowest BCUT2D eigenvalue weighted by atomic mass is 9.96. The van der Waals surface area contributed by atoms with E-state index in [1.807, 2.05) is 31.2 Å². The van der Waals surface area contributed by atoms with Crippen LogP contribution in [0.4, 0.5) is 4.39 Å². The third kappa shape index (κ3) is 8.69.